The van der Waals surface area contributed by atoms with Gasteiger partial charge < -0.3 is 9.47 Å². The molecule has 258 valence electrons. The van der Waals surface area contributed by atoms with Gasteiger partial charge in [-0.15, -0.1) is 11.3 Å². The van der Waals surface area contributed by atoms with E-state index in [0.717, 1.165) is 76.8 Å². The maximum atomic E-state index is 9.36. The fraction of sp³-hybridized carbons (Fsp3) is 0. The van der Waals surface area contributed by atoms with Crippen LogP contribution in [0.4, 0.5) is 17.1 Å². The molecule has 0 spiro atoms. The van der Waals surface area contributed by atoms with Crippen LogP contribution in [-0.2, 0) is 0 Å². The van der Waals surface area contributed by atoms with Gasteiger partial charge >= 0.3 is 0 Å². The Kier molecular flexibility index (Phi) is 8.02. The van der Waals surface area contributed by atoms with Gasteiger partial charge in [0, 0.05) is 39.1 Å². The van der Waals surface area contributed by atoms with Crippen LogP contribution in [0, 0.1) is 11.3 Å². The molecule has 10 rings (SSSR count). The lowest BCUT2D eigenvalue weighted by Gasteiger charge is -2.25. The van der Waals surface area contributed by atoms with E-state index in [1.54, 1.807) is 11.3 Å². The van der Waals surface area contributed by atoms with E-state index in [2.05, 4.69) is 179 Å². The van der Waals surface area contributed by atoms with Crippen LogP contribution in [0.3, 0.4) is 0 Å². The SMILES string of the molecule is N#Cc1ccc(-c2cccc(-n3c4ccc(-c5ccc(N(c6ccccc6)c6ccccc6)cc5)cc4c4cc5sc(-c6ccccc6)nc5cc43)c2)cc1. The number of rotatable bonds is 7. The Morgan fingerprint density at radius 2 is 1.04 bits per heavy atom. The van der Waals surface area contributed by atoms with E-state index in [4.69, 9.17) is 4.98 Å². The van der Waals surface area contributed by atoms with Crippen LogP contribution in [0.15, 0.2) is 194 Å². The molecule has 0 N–H and O–H groups in total. The van der Waals surface area contributed by atoms with Crippen molar-refractivity contribution in [1.29, 1.82) is 5.26 Å². The Hall–Kier alpha value is -7.26. The summed E-state index contributed by atoms with van der Waals surface area (Å²) >= 11 is 1.73. The van der Waals surface area contributed by atoms with Gasteiger partial charge in [-0.25, -0.2) is 4.98 Å². The molecule has 0 saturated carbocycles. The highest BCUT2D eigenvalue weighted by atomic mass is 32.1. The number of thiazole rings is 1. The van der Waals surface area contributed by atoms with Gasteiger partial charge in [0.25, 0.3) is 0 Å². The Labute approximate surface area is 323 Å². The average molecular weight is 721 g/mol. The Balaban J connectivity index is 1.12. The summed E-state index contributed by atoms with van der Waals surface area (Å²) in [4.78, 5) is 7.41. The minimum absolute atomic E-state index is 0.652. The molecule has 4 nitrogen and oxygen atoms in total. The maximum absolute atomic E-state index is 9.36. The number of para-hydroxylation sites is 2. The summed E-state index contributed by atoms with van der Waals surface area (Å²) in [5, 5.41) is 12.8. The number of benzene rings is 8. The van der Waals surface area contributed by atoms with Crippen molar-refractivity contribution in [3.63, 3.8) is 0 Å². The molecule has 0 aliphatic heterocycles. The molecule has 0 atom stereocenters. The molecule has 55 heavy (non-hydrogen) atoms. The van der Waals surface area contributed by atoms with Crippen molar-refractivity contribution >= 4 is 60.4 Å². The smallest absolute Gasteiger partial charge is 0.124 e. The summed E-state index contributed by atoms with van der Waals surface area (Å²) in [6.07, 6.45) is 0. The van der Waals surface area contributed by atoms with E-state index >= 15 is 0 Å². The molecule has 0 aliphatic carbocycles. The van der Waals surface area contributed by atoms with E-state index in [0.29, 0.717) is 5.56 Å². The molecular weight excluding hydrogens is 689 g/mol. The molecule has 0 fully saturated rings. The van der Waals surface area contributed by atoms with Crippen LogP contribution in [0.2, 0.25) is 0 Å². The van der Waals surface area contributed by atoms with Gasteiger partial charge in [-0.2, -0.15) is 5.26 Å². The third-order valence-electron chi connectivity index (χ3n) is 10.2. The molecular formula is C50H32N4S. The topological polar surface area (TPSA) is 44.9 Å². The first kappa shape index (κ1) is 32.4. The number of aromatic nitrogens is 2. The standard InChI is InChI=1S/C50H32N4S/c51-33-34-19-21-35(22-20-34)38-13-10-18-43(29-38)54-47-28-25-39(30-44(47)45-31-49-46(32-48(45)54)52-50(55-49)37-11-4-1-5-12-37)36-23-26-42(27-24-36)53(40-14-6-2-7-15-40)41-16-8-3-9-17-41/h1-32H. The molecule has 0 aliphatic rings. The molecule has 10 aromatic rings. The summed E-state index contributed by atoms with van der Waals surface area (Å²) in [5.74, 6) is 0. The van der Waals surface area contributed by atoms with Crippen LogP contribution in [0.1, 0.15) is 5.56 Å². The van der Waals surface area contributed by atoms with E-state index in [9.17, 15) is 5.26 Å². The zero-order valence-corrected chi connectivity index (χ0v) is 30.5. The van der Waals surface area contributed by atoms with Gasteiger partial charge in [0.15, 0.2) is 0 Å². The lowest BCUT2D eigenvalue weighted by Crippen LogP contribution is -2.09. The highest BCUT2D eigenvalue weighted by Gasteiger charge is 2.18. The second kappa shape index (κ2) is 13.6. The van der Waals surface area contributed by atoms with Gasteiger partial charge in [0.2, 0.25) is 0 Å². The van der Waals surface area contributed by atoms with Crippen LogP contribution >= 0.6 is 11.3 Å². The fourth-order valence-corrected chi connectivity index (χ4v) is 8.56. The maximum Gasteiger partial charge on any atom is 0.124 e. The lowest BCUT2D eigenvalue weighted by atomic mass is 10.0. The number of hydrogen-bond donors (Lipinski definition) is 0. The predicted molar refractivity (Wildman–Crippen MR) is 230 cm³/mol. The third kappa shape index (κ3) is 5.92. The quantitative estimate of drug-likeness (QED) is 0.165. The molecule has 8 aromatic carbocycles. The van der Waals surface area contributed by atoms with Gasteiger partial charge in [0.1, 0.15) is 5.01 Å². The second-order valence-electron chi connectivity index (χ2n) is 13.6. The number of nitrogens with zero attached hydrogens (tertiary/aromatic N) is 4. The number of nitriles is 1. The lowest BCUT2D eigenvalue weighted by molar-refractivity contribution is 1.18. The highest BCUT2D eigenvalue weighted by Crippen LogP contribution is 2.41. The molecule has 0 bridgehead atoms. The number of anilines is 3. The van der Waals surface area contributed by atoms with Crippen LogP contribution in [0.25, 0.3) is 70.5 Å². The van der Waals surface area contributed by atoms with Gasteiger partial charge in [-0.1, -0.05) is 109 Å². The number of hydrogen-bond acceptors (Lipinski definition) is 4. The van der Waals surface area contributed by atoms with Crippen molar-refractivity contribution in [2.24, 2.45) is 0 Å². The average Bonchev–Trinajstić information content (AvgIpc) is 3.82. The zero-order valence-electron chi connectivity index (χ0n) is 29.7. The Bertz CT molecular complexity index is 2970. The zero-order chi connectivity index (χ0) is 36.7. The predicted octanol–water partition coefficient (Wildman–Crippen LogP) is 13.7. The summed E-state index contributed by atoms with van der Waals surface area (Å²) in [6, 6.07) is 70.4. The minimum Gasteiger partial charge on any atom is -0.311 e. The Morgan fingerprint density at radius 1 is 0.473 bits per heavy atom. The normalized spacial score (nSPS) is 11.3. The summed E-state index contributed by atoms with van der Waals surface area (Å²) in [7, 11) is 0. The number of fused-ring (bicyclic) bond motifs is 4. The molecule has 5 heteroatoms. The van der Waals surface area contributed by atoms with Crippen molar-refractivity contribution in [3.8, 4) is 44.6 Å². The summed E-state index contributed by atoms with van der Waals surface area (Å²) in [5.41, 5.74) is 13.9. The largest absolute Gasteiger partial charge is 0.311 e. The fourth-order valence-electron chi connectivity index (χ4n) is 7.57. The van der Waals surface area contributed by atoms with E-state index in [-0.39, 0.29) is 0 Å². The van der Waals surface area contributed by atoms with Gasteiger partial charge in [-0.05, 0) is 107 Å². The van der Waals surface area contributed by atoms with Gasteiger partial charge in [-0.3, -0.25) is 0 Å². The van der Waals surface area contributed by atoms with E-state index < -0.39 is 0 Å². The van der Waals surface area contributed by atoms with Gasteiger partial charge in [0.05, 0.1) is 32.9 Å². The van der Waals surface area contributed by atoms with E-state index in [1.165, 1.54) is 10.8 Å². The first-order valence-electron chi connectivity index (χ1n) is 18.3. The van der Waals surface area contributed by atoms with Crippen LogP contribution in [-0.4, -0.2) is 9.55 Å². The van der Waals surface area contributed by atoms with Crippen molar-refractivity contribution in [3.05, 3.63) is 200 Å². The first-order valence-corrected chi connectivity index (χ1v) is 19.1. The third-order valence-corrected chi connectivity index (χ3v) is 11.3. The molecule has 0 unspecified atom stereocenters. The first-order chi connectivity index (χ1) is 27.2. The van der Waals surface area contributed by atoms with Crippen molar-refractivity contribution in [2.75, 3.05) is 4.90 Å². The Morgan fingerprint density at radius 3 is 1.71 bits per heavy atom. The summed E-state index contributed by atoms with van der Waals surface area (Å²) in [6.45, 7) is 0. The van der Waals surface area contributed by atoms with Crippen molar-refractivity contribution in [1.82, 2.24) is 9.55 Å². The van der Waals surface area contributed by atoms with Crippen molar-refractivity contribution < 1.29 is 0 Å². The minimum atomic E-state index is 0.652. The highest BCUT2D eigenvalue weighted by molar-refractivity contribution is 7.21. The second-order valence-corrected chi connectivity index (χ2v) is 14.6. The molecule has 2 aromatic heterocycles. The summed E-state index contributed by atoms with van der Waals surface area (Å²) < 4.78 is 3.52. The monoisotopic (exact) mass is 720 g/mol. The van der Waals surface area contributed by atoms with Crippen LogP contribution in [0.5, 0.6) is 0 Å². The molecule has 2 heterocycles. The molecule has 0 amide bonds. The molecule has 0 radical (unpaired) electrons. The van der Waals surface area contributed by atoms with Crippen molar-refractivity contribution in [2.45, 2.75) is 0 Å². The molecule has 0 saturated heterocycles. The van der Waals surface area contributed by atoms with E-state index in [1.807, 2.05) is 30.3 Å². The van der Waals surface area contributed by atoms with Crippen LogP contribution < -0.4 is 4.90 Å².